The van der Waals surface area contributed by atoms with E-state index in [1.165, 1.54) is 46.2 Å². The zero-order chi connectivity index (χ0) is 19.3. The highest BCUT2D eigenvalue weighted by molar-refractivity contribution is 6.11. The number of methoxy groups -OCH3 is 1. The average Bonchev–Trinajstić information content (AvgIpc) is 2.83. The minimum atomic E-state index is -0.141. The van der Waals surface area contributed by atoms with Crippen LogP contribution in [0.15, 0.2) is 58.8 Å². The molecule has 2 atom stereocenters. The Labute approximate surface area is 167 Å². The first-order valence-electron chi connectivity index (χ1n) is 10.3. The molecule has 3 nitrogen and oxygen atoms in total. The van der Waals surface area contributed by atoms with Gasteiger partial charge >= 0.3 is 0 Å². The lowest BCUT2D eigenvalue weighted by Crippen LogP contribution is -2.42. The maximum absolute atomic E-state index is 5.96. The average molecular weight is 373 g/mol. The SMILES string of the molecule is COc1cc(-c2ccccc2)c2c(c1)C1(C)CCCC[C@@H]3ON=C1C(=C3C)C2. The number of ether oxygens (including phenoxy) is 1. The molecule has 6 rings (SSSR count). The van der Waals surface area contributed by atoms with Gasteiger partial charge in [0.2, 0.25) is 0 Å². The molecular formula is C25H27NO2. The molecule has 0 aromatic heterocycles. The van der Waals surface area contributed by atoms with E-state index in [0.29, 0.717) is 0 Å². The lowest BCUT2D eigenvalue weighted by Gasteiger charge is -2.41. The van der Waals surface area contributed by atoms with Crippen LogP contribution in [0.5, 0.6) is 5.75 Å². The van der Waals surface area contributed by atoms with Gasteiger partial charge in [-0.05, 0) is 78.6 Å². The van der Waals surface area contributed by atoms with Gasteiger partial charge in [0.15, 0.2) is 0 Å². The first kappa shape index (κ1) is 17.5. The van der Waals surface area contributed by atoms with Crippen LogP contribution in [0.1, 0.15) is 50.7 Å². The summed E-state index contributed by atoms with van der Waals surface area (Å²) in [6.45, 7) is 4.59. The summed E-state index contributed by atoms with van der Waals surface area (Å²) < 4.78 is 5.72. The van der Waals surface area contributed by atoms with Crippen molar-refractivity contribution in [2.75, 3.05) is 7.11 Å². The fourth-order valence-corrected chi connectivity index (χ4v) is 5.24. The lowest BCUT2D eigenvalue weighted by atomic mass is 9.63. The highest BCUT2D eigenvalue weighted by atomic mass is 16.6. The molecule has 2 aromatic rings. The molecule has 0 saturated heterocycles. The molecule has 0 N–H and O–H groups in total. The normalized spacial score (nSPS) is 25.8. The van der Waals surface area contributed by atoms with Crippen LogP contribution in [-0.2, 0) is 16.7 Å². The minimum absolute atomic E-state index is 0.140. The van der Waals surface area contributed by atoms with Crippen LogP contribution in [-0.4, -0.2) is 18.9 Å². The molecule has 0 radical (unpaired) electrons. The van der Waals surface area contributed by atoms with E-state index in [1.807, 2.05) is 0 Å². The van der Waals surface area contributed by atoms with Gasteiger partial charge < -0.3 is 9.57 Å². The Morgan fingerprint density at radius 1 is 1.14 bits per heavy atom. The zero-order valence-corrected chi connectivity index (χ0v) is 16.9. The molecule has 2 aliphatic heterocycles. The molecule has 4 aliphatic rings. The molecule has 28 heavy (non-hydrogen) atoms. The van der Waals surface area contributed by atoms with E-state index in [0.717, 1.165) is 30.7 Å². The molecule has 2 aromatic carbocycles. The second-order valence-electron chi connectivity index (χ2n) is 8.52. The van der Waals surface area contributed by atoms with E-state index in [2.05, 4.69) is 56.3 Å². The third-order valence-corrected chi connectivity index (χ3v) is 6.92. The monoisotopic (exact) mass is 373 g/mol. The Hall–Kier alpha value is -2.55. The Morgan fingerprint density at radius 2 is 1.96 bits per heavy atom. The molecule has 0 saturated carbocycles. The van der Waals surface area contributed by atoms with Crippen LogP contribution in [0.25, 0.3) is 11.1 Å². The van der Waals surface area contributed by atoms with Crippen LogP contribution in [0, 0.1) is 0 Å². The number of rotatable bonds is 2. The van der Waals surface area contributed by atoms with Gasteiger partial charge in [0.25, 0.3) is 0 Å². The standard InChI is InChI=1S/C25H27NO2/c1-16-19-15-21-20(17-9-5-4-6-10-17)13-18(27-3)14-22(21)25(2)12-8-7-11-23(16)28-26-24(19)25/h4-6,9-10,13-14,23H,7-8,11-12,15H2,1-3H3/t23-,25?/m0/s1. The summed E-state index contributed by atoms with van der Waals surface area (Å²) in [6.07, 6.45) is 5.58. The zero-order valence-electron chi connectivity index (χ0n) is 16.9. The van der Waals surface area contributed by atoms with Crippen LogP contribution < -0.4 is 4.74 Å². The van der Waals surface area contributed by atoms with E-state index >= 15 is 0 Å². The topological polar surface area (TPSA) is 30.8 Å². The van der Waals surface area contributed by atoms with Gasteiger partial charge in [-0.3, -0.25) is 0 Å². The van der Waals surface area contributed by atoms with E-state index in [1.54, 1.807) is 7.11 Å². The van der Waals surface area contributed by atoms with Gasteiger partial charge in [-0.15, -0.1) is 0 Å². The fraction of sp³-hybridized carbons (Fsp3) is 0.400. The van der Waals surface area contributed by atoms with E-state index in [4.69, 9.17) is 14.7 Å². The number of fused-ring (bicyclic) bond motifs is 5. The van der Waals surface area contributed by atoms with Crippen molar-refractivity contribution in [2.24, 2.45) is 5.16 Å². The number of hydrogen-bond donors (Lipinski definition) is 0. The third kappa shape index (κ3) is 2.52. The second kappa shape index (κ2) is 6.51. The second-order valence-corrected chi connectivity index (χ2v) is 8.52. The third-order valence-electron chi connectivity index (χ3n) is 6.92. The van der Waals surface area contributed by atoms with Crippen molar-refractivity contribution in [3.8, 4) is 16.9 Å². The summed E-state index contributed by atoms with van der Waals surface area (Å²) in [4.78, 5) is 5.96. The van der Waals surface area contributed by atoms with Crippen molar-refractivity contribution >= 4 is 5.71 Å². The highest BCUT2D eigenvalue weighted by Crippen LogP contribution is 2.49. The maximum atomic E-state index is 5.96. The van der Waals surface area contributed by atoms with Crippen LogP contribution in [0.4, 0.5) is 0 Å². The van der Waals surface area contributed by atoms with Gasteiger partial charge in [0.1, 0.15) is 11.9 Å². The molecule has 2 heterocycles. The first-order chi connectivity index (χ1) is 13.6. The van der Waals surface area contributed by atoms with Crippen molar-refractivity contribution in [2.45, 2.75) is 57.5 Å². The molecule has 4 bridgehead atoms. The minimum Gasteiger partial charge on any atom is -0.497 e. The number of benzene rings is 2. The Kier molecular flexibility index (Phi) is 4.08. The largest absolute Gasteiger partial charge is 0.497 e. The fourth-order valence-electron chi connectivity index (χ4n) is 5.24. The van der Waals surface area contributed by atoms with Gasteiger partial charge in [0.05, 0.1) is 12.8 Å². The number of allylic oxidation sites excluding steroid dienone is 1. The number of nitrogens with zero attached hydrogens (tertiary/aromatic N) is 1. The van der Waals surface area contributed by atoms with E-state index in [-0.39, 0.29) is 11.5 Å². The maximum Gasteiger partial charge on any atom is 0.149 e. The van der Waals surface area contributed by atoms with Gasteiger partial charge in [-0.1, -0.05) is 41.9 Å². The Balaban J connectivity index is 1.81. The quantitative estimate of drug-likeness (QED) is 0.664. The van der Waals surface area contributed by atoms with Crippen molar-refractivity contribution in [1.29, 1.82) is 0 Å². The highest BCUT2D eigenvalue weighted by Gasteiger charge is 2.45. The first-order valence-corrected chi connectivity index (χ1v) is 10.3. The summed E-state index contributed by atoms with van der Waals surface area (Å²) in [6, 6.07) is 15.1. The summed E-state index contributed by atoms with van der Waals surface area (Å²) in [7, 11) is 1.76. The summed E-state index contributed by atoms with van der Waals surface area (Å²) >= 11 is 0. The molecular weight excluding hydrogens is 346 g/mol. The summed E-state index contributed by atoms with van der Waals surface area (Å²) in [5.74, 6) is 0.915. The van der Waals surface area contributed by atoms with Crippen LogP contribution >= 0.6 is 0 Å². The van der Waals surface area contributed by atoms with Crippen LogP contribution in [0.2, 0.25) is 0 Å². The smallest absolute Gasteiger partial charge is 0.149 e. The molecule has 3 heteroatoms. The molecule has 0 amide bonds. The molecule has 0 fully saturated rings. The Morgan fingerprint density at radius 3 is 2.75 bits per heavy atom. The van der Waals surface area contributed by atoms with Gasteiger partial charge in [-0.2, -0.15) is 0 Å². The van der Waals surface area contributed by atoms with Crippen molar-refractivity contribution in [3.05, 3.63) is 64.7 Å². The predicted molar refractivity (Wildman–Crippen MR) is 113 cm³/mol. The predicted octanol–water partition coefficient (Wildman–Crippen LogP) is 5.82. The molecule has 144 valence electrons. The van der Waals surface area contributed by atoms with Gasteiger partial charge in [0, 0.05) is 11.8 Å². The number of hydrogen-bond acceptors (Lipinski definition) is 3. The van der Waals surface area contributed by atoms with Gasteiger partial charge in [-0.25, -0.2) is 0 Å². The lowest BCUT2D eigenvalue weighted by molar-refractivity contribution is 0.0720. The summed E-state index contributed by atoms with van der Waals surface area (Å²) in [5.41, 5.74) is 9.07. The number of oxime groups is 1. The van der Waals surface area contributed by atoms with Crippen LogP contribution in [0.3, 0.4) is 0 Å². The van der Waals surface area contributed by atoms with Crippen molar-refractivity contribution in [1.82, 2.24) is 0 Å². The van der Waals surface area contributed by atoms with Crippen molar-refractivity contribution < 1.29 is 9.57 Å². The molecule has 0 spiro atoms. The van der Waals surface area contributed by atoms with Crippen molar-refractivity contribution in [3.63, 3.8) is 0 Å². The Bertz CT molecular complexity index is 989. The molecule has 1 unspecified atom stereocenters. The van der Waals surface area contributed by atoms with E-state index < -0.39 is 0 Å². The summed E-state index contributed by atoms with van der Waals surface area (Å²) in [5, 5.41) is 4.69. The molecule has 2 aliphatic carbocycles. The van der Waals surface area contributed by atoms with E-state index in [9.17, 15) is 0 Å².